The van der Waals surface area contributed by atoms with Crippen LogP contribution < -0.4 is 19.4 Å². The molecule has 0 saturated carbocycles. The van der Waals surface area contributed by atoms with Gasteiger partial charge in [-0.25, -0.2) is 14.4 Å². The van der Waals surface area contributed by atoms with Crippen molar-refractivity contribution in [1.82, 2.24) is 9.97 Å². The molecular weight excluding hydrogens is 405 g/mol. The van der Waals surface area contributed by atoms with Gasteiger partial charge in [0.2, 0.25) is 0 Å². The van der Waals surface area contributed by atoms with Crippen molar-refractivity contribution in [3.63, 3.8) is 0 Å². The molecule has 168 valence electrons. The van der Waals surface area contributed by atoms with Gasteiger partial charge in [0, 0.05) is 51.0 Å². The number of halogens is 1. The first-order chi connectivity index (χ1) is 15.6. The Morgan fingerprint density at radius 2 is 1.38 bits per heavy atom. The van der Waals surface area contributed by atoms with Gasteiger partial charge in [-0.15, -0.1) is 0 Å². The quantitative estimate of drug-likeness (QED) is 0.608. The Kier molecular flexibility index (Phi) is 5.72. The average Bonchev–Trinajstić information content (AvgIpc) is 2.84. The maximum atomic E-state index is 13.8. The monoisotopic (exact) mass is 435 g/mol. The first-order valence-electron chi connectivity index (χ1n) is 11.5. The second kappa shape index (κ2) is 8.81. The summed E-state index contributed by atoms with van der Waals surface area (Å²) in [7, 11) is 1.50. The van der Waals surface area contributed by atoms with Crippen LogP contribution in [0.5, 0.6) is 5.75 Å². The van der Waals surface area contributed by atoms with E-state index in [0.29, 0.717) is 0 Å². The maximum Gasteiger partial charge on any atom is 0.172 e. The van der Waals surface area contributed by atoms with Crippen LogP contribution in [-0.4, -0.2) is 56.3 Å². The van der Waals surface area contributed by atoms with Crippen molar-refractivity contribution < 1.29 is 9.13 Å². The van der Waals surface area contributed by atoms with Crippen molar-refractivity contribution in [3.8, 4) is 5.75 Å². The van der Waals surface area contributed by atoms with E-state index in [1.807, 2.05) is 30.3 Å². The van der Waals surface area contributed by atoms with Crippen LogP contribution in [0.3, 0.4) is 0 Å². The van der Waals surface area contributed by atoms with Crippen LogP contribution in [0.15, 0.2) is 42.5 Å². The largest absolute Gasteiger partial charge is 0.494 e. The molecular formula is C25H30FN5O. The van der Waals surface area contributed by atoms with Gasteiger partial charge in [-0.1, -0.05) is 19.1 Å². The molecule has 0 radical (unpaired) electrons. The van der Waals surface area contributed by atoms with Gasteiger partial charge in [0.05, 0.1) is 18.1 Å². The van der Waals surface area contributed by atoms with Crippen LogP contribution in [0.1, 0.15) is 19.8 Å². The number of para-hydroxylation sites is 2. The third-order valence-electron chi connectivity index (χ3n) is 6.70. The molecule has 0 amide bonds. The zero-order valence-corrected chi connectivity index (χ0v) is 18.8. The number of fused-ring (bicyclic) bond motifs is 1. The Labute approximate surface area is 188 Å². The van der Waals surface area contributed by atoms with Crippen LogP contribution in [-0.2, 0) is 0 Å². The first kappa shape index (κ1) is 20.8. The van der Waals surface area contributed by atoms with Crippen LogP contribution in [0, 0.1) is 11.7 Å². The molecule has 32 heavy (non-hydrogen) atoms. The maximum absolute atomic E-state index is 13.8. The Morgan fingerprint density at radius 3 is 1.97 bits per heavy atom. The minimum atomic E-state index is -0.332. The predicted molar refractivity (Wildman–Crippen MR) is 128 cm³/mol. The Hall–Kier alpha value is -3.09. The summed E-state index contributed by atoms with van der Waals surface area (Å²) in [6.07, 6.45) is 2.38. The number of methoxy groups -OCH3 is 1. The minimum absolute atomic E-state index is 0.284. The molecule has 2 fully saturated rings. The summed E-state index contributed by atoms with van der Waals surface area (Å²) in [6, 6.07) is 13.2. The standard InChI is InChI=1S/C25H30FN5O/c1-18-9-11-30(12-10-18)24-25(28-22-6-4-3-5-21(22)27-24)31-15-13-29(14-16-31)19-7-8-20(26)23(17-19)32-2/h3-8,17-18H,9-16H2,1-2H3. The summed E-state index contributed by atoms with van der Waals surface area (Å²) in [5.41, 5.74) is 2.86. The molecule has 0 unspecified atom stereocenters. The van der Waals surface area contributed by atoms with Gasteiger partial charge in [-0.05, 0) is 43.0 Å². The molecule has 6 nitrogen and oxygen atoms in total. The molecule has 2 aromatic carbocycles. The van der Waals surface area contributed by atoms with E-state index in [4.69, 9.17) is 14.7 Å². The second-order valence-electron chi connectivity index (χ2n) is 8.82. The topological polar surface area (TPSA) is 44.7 Å². The number of hydrogen-bond donors (Lipinski definition) is 0. The van der Waals surface area contributed by atoms with E-state index >= 15 is 0 Å². The molecule has 0 bridgehead atoms. The lowest BCUT2D eigenvalue weighted by Gasteiger charge is -2.39. The highest BCUT2D eigenvalue weighted by molar-refractivity contribution is 5.81. The van der Waals surface area contributed by atoms with Gasteiger partial charge in [0.1, 0.15) is 0 Å². The number of hydrogen-bond acceptors (Lipinski definition) is 6. The third-order valence-corrected chi connectivity index (χ3v) is 6.70. The van der Waals surface area contributed by atoms with Crippen molar-refractivity contribution in [3.05, 3.63) is 48.3 Å². The average molecular weight is 436 g/mol. The highest BCUT2D eigenvalue weighted by atomic mass is 19.1. The van der Waals surface area contributed by atoms with Crippen molar-refractivity contribution in [1.29, 1.82) is 0 Å². The molecule has 3 heterocycles. The molecule has 5 rings (SSSR count). The summed E-state index contributed by atoms with van der Waals surface area (Å²) in [5.74, 6) is 2.70. The SMILES string of the molecule is COc1cc(N2CCN(c3nc4ccccc4nc3N3CCC(C)CC3)CC2)ccc1F. The summed E-state index contributed by atoms with van der Waals surface area (Å²) < 4.78 is 19.0. The highest BCUT2D eigenvalue weighted by Crippen LogP contribution is 2.33. The number of anilines is 3. The molecule has 0 aliphatic carbocycles. The molecule has 2 aliphatic rings. The van der Waals surface area contributed by atoms with Crippen LogP contribution in [0.2, 0.25) is 0 Å². The summed E-state index contributed by atoms with van der Waals surface area (Å²) in [6.45, 7) is 7.72. The van der Waals surface area contributed by atoms with Gasteiger partial charge in [0.15, 0.2) is 23.2 Å². The third kappa shape index (κ3) is 4.04. The molecule has 7 heteroatoms. The number of rotatable bonds is 4. The van der Waals surface area contributed by atoms with E-state index in [1.54, 1.807) is 6.07 Å². The lowest BCUT2D eigenvalue weighted by atomic mass is 9.99. The molecule has 2 saturated heterocycles. The number of aromatic nitrogens is 2. The van der Waals surface area contributed by atoms with E-state index in [0.717, 1.165) is 73.5 Å². The fraction of sp³-hybridized carbons (Fsp3) is 0.440. The van der Waals surface area contributed by atoms with Gasteiger partial charge < -0.3 is 19.4 Å². The number of ether oxygens (including phenoxy) is 1. The molecule has 1 aromatic heterocycles. The summed E-state index contributed by atoms with van der Waals surface area (Å²) in [4.78, 5) is 17.2. The van der Waals surface area contributed by atoms with Crippen molar-refractivity contribution >= 4 is 28.4 Å². The van der Waals surface area contributed by atoms with Gasteiger partial charge >= 0.3 is 0 Å². The van der Waals surface area contributed by atoms with Crippen LogP contribution in [0.25, 0.3) is 11.0 Å². The minimum Gasteiger partial charge on any atom is -0.494 e. The second-order valence-corrected chi connectivity index (χ2v) is 8.82. The van der Waals surface area contributed by atoms with E-state index in [-0.39, 0.29) is 11.6 Å². The molecule has 0 atom stereocenters. The summed E-state index contributed by atoms with van der Waals surface area (Å²) in [5, 5.41) is 0. The molecule has 0 spiro atoms. The Bertz CT molecular complexity index is 1090. The normalized spacial score (nSPS) is 17.8. The lowest BCUT2D eigenvalue weighted by molar-refractivity contribution is 0.386. The van der Waals surface area contributed by atoms with E-state index in [9.17, 15) is 4.39 Å². The van der Waals surface area contributed by atoms with Gasteiger partial charge in [-0.2, -0.15) is 0 Å². The fourth-order valence-electron chi connectivity index (χ4n) is 4.65. The smallest absolute Gasteiger partial charge is 0.172 e. The number of piperidine rings is 1. The summed E-state index contributed by atoms with van der Waals surface area (Å²) >= 11 is 0. The molecule has 3 aromatic rings. The van der Waals surface area contributed by atoms with Crippen LogP contribution in [0.4, 0.5) is 21.7 Å². The number of nitrogens with zero attached hydrogens (tertiary/aromatic N) is 5. The highest BCUT2D eigenvalue weighted by Gasteiger charge is 2.26. The van der Waals surface area contributed by atoms with Crippen molar-refractivity contribution in [2.24, 2.45) is 5.92 Å². The molecule has 2 aliphatic heterocycles. The van der Waals surface area contributed by atoms with Crippen molar-refractivity contribution in [2.75, 3.05) is 61.1 Å². The Morgan fingerprint density at radius 1 is 0.812 bits per heavy atom. The lowest BCUT2D eigenvalue weighted by Crippen LogP contribution is -2.47. The fourth-order valence-corrected chi connectivity index (χ4v) is 4.65. The first-order valence-corrected chi connectivity index (χ1v) is 11.5. The van der Waals surface area contributed by atoms with Crippen molar-refractivity contribution in [2.45, 2.75) is 19.8 Å². The van der Waals surface area contributed by atoms with Gasteiger partial charge in [0.25, 0.3) is 0 Å². The Balaban J connectivity index is 1.40. The van der Waals surface area contributed by atoms with Crippen LogP contribution >= 0.6 is 0 Å². The number of piperazine rings is 1. The van der Waals surface area contributed by atoms with E-state index in [1.165, 1.54) is 26.0 Å². The van der Waals surface area contributed by atoms with E-state index < -0.39 is 0 Å². The number of benzene rings is 2. The zero-order valence-electron chi connectivity index (χ0n) is 18.8. The van der Waals surface area contributed by atoms with E-state index in [2.05, 4.69) is 21.6 Å². The molecule has 0 N–H and O–H groups in total. The predicted octanol–water partition coefficient (Wildman–Crippen LogP) is 4.34. The van der Waals surface area contributed by atoms with Gasteiger partial charge in [-0.3, -0.25) is 0 Å². The zero-order chi connectivity index (χ0) is 22.1.